The first kappa shape index (κ1) is 10.3. The normalized spacial score (nSPS) is 29.9. The number of thioether (sulfide) groups is 1. The number of rotatable bonds is 4. The Hall–Kier alpha value is -0.180. The summed E-state index contributed by atoms with van der Waals surface area (Å²) in [4.78, 5) is 4.61. The van der Waals surface area contributed by atoms with Gasteiger partial charge in [-0.2, -0.15) is 0 Å². The molecule has 0 bridgehead atoms. The van der Waals surface area contributed by atoms with Crippen LogP contribution in [0.25, 0.3) is 0 Å². The highest BCUT2D eigenvalue weighted by atomic mass is 32.2. The molecule has 1 aliphatic carbocycles. The molecule has 0 spiro atoms. The minimum Gasteiger partial charge on any atom is -0.361 e. The summed E-state index contributed by atoms with van der Waals surface area (Å²) < 4.78 is 0. The van der Waals surface area contributed by atoms with Crippen LogP contribution in [-0.4, -0.2) is 23.5 Å². The Balaban J connectivity index is 1.72. The second kappa shape index (κ2) is 4.56. The number of nitrogens with zero attached hydrogens (tertiary/aromatic N) is 1. The van der Waals surface area contributed by atoms with Crippen LogP contribution in [0.2, 0.25) is 0 Å². The van der Waals surface area contributed by atoms with Gasteiger partial charge in [0.05, 0.1) is 0 Å². The first-order valence-corrected chi connectivity index (χ1v) is 6.66. The Morgan fingerprint density at radius 3 is 2.93 bits per heavy atom. The molecule has 0 aromatic carbocycles. The Bertz CT molecular complexity index is 221. The molecule has 1 aliphatic heterocycles. The van der Waals surface area contributed by atoms with Crippen molar-refractivity contribution in [3.05, 3.63) is 0 Å². The third-order valence-electron chi connectivity index (χ3n) is 2.69. The predicted molar refractivity (Wildman–Crippen MR) is 63.9 cm³/mol. The van der Waals surface area contributed by atoms with Gasteiger partial charge in [0, 0.05) is 18.3 Å². The maximum absolute atomic E-state index is 4.61. The Kier molecular flexibility index (Phi) is 3.37. The lowest BCUT2D eigenvalue weighted by Crippen LogP contribution is -2.28. The van der Waals surface area contributed by atoms with Gasteiger partial charge >= 0.3 is 0 Å². The van der Waals surface area contributed by atoms with Gasteiger partial charge in [-0.1, -0.05) is 25.6 Å². The molecular weight excluding hydrogens is 192 g/mol. The summed E-state index contributed by atoms with van der Waals surface area (Å²) in [5.74, 6) is 2.91. The highest BCUT2D eigenvalue weighted by Gasteiger charge is 2.23. The van der Waals surface area contributed by atoms with Crippen molar-refractivity contribution in [1.29, 1.82) is 0 Å². The number of hydrogen-bond acceptors (Lipinski definition) is 2. The van der Waals surface area contributed by atoms with Crippen LogP contribution in [0, 0.1) is 11.8 Å². The van der Waals surface area contributed by atoms with E-state index in [9.17, 15) is 0 Å². The molecule has 1 saturated heterocycles. The van der Waals surface area contributed by atoms with Gasteiger partial charge in [-0.25, -0.2) is 0 Å². The zero-order valence-electron chi connectivity index (χ0n) is 9.12. The second-order valence-electron chi connectivity index (χ2n) is 4.87. The molecule has 0 aromatic rings. The monoisotopic (exact) mass is 212 g/mol. The van der Waals surface area contributed by atoms with Crippen molar-refractivity contribution in [1.82, 2.24) is 5.32 Å². The van der Waals surface area contributed by atoms with Gasteiger partial charge in [0.15, 0.2) is 5.17 Å². The summed E-state index contributed by atoms with van der Waals surface area (Å²) in [7, 11) is 0. The average Bonchev–Trinajstić information content (AvgIpc) is 2.84. The van der Waals surface area contributed by atoms with Crippen LogP contribution in [-0.2, 0) is 0 Å². The summed E-state index contributed by atoms with van der Waals surface area (Å²) in [5.41, 5.74) is 0. The van der Waals surface area contributed by atoms with Gasteiger partial charge in [0.2, 0.25) is 0 Å². The van der Waals surface area contributed by atoms with E-state index in [1.807, 2.05) is 11.8 Å². The van der Waals surface area contributed by atoms with Crippen LogP contribution < -0.4 is 5.32 Å². The summed E-state index contributed by atoms with van der Waals surface area (Å²) in [6.07, 6.45) is 4.07. The summed E-state index contributed by atoms with van der Waals surface area (Å²) in [6, 6.07) is 0.665. The molecule has 1 heterocycles. The summed E-state index contributed by atoms with van der Waals surface area (Å²) in [6.45, 7) is 5.63. The lowest BCUT2D eigenvalue weighted by atomic mass is 10.1. The van der Waals surface area contributed by atoms with Crippen LogP contribution >= 0.6 is 11.8 Å². The largest absolute Gasteiger partial charge is 0.361 e. The molecule has 1 atom stereocenters. The SMILES string of the molecule is CC(C)CC1CSC(=NCC2CC2)N1. The van der Waals surface area contributed by atoms with Crippen LogP contribution in [0.5, 0.6) is 0 Å². The van der Waals surface area contributed by atoms with E-state index in [-0.39, 0.29) is 0 Å². The van der Waals surface area contributed by atoms with Crippen LogP contribution in [0.4, 0.5) is 0 Å². The molecule has 80 valence electrons. The topological polar surface area (TPSA) is 24.4 Å². The Morgan fingerprint density at radius 1 is 1.50 bits per heavy atom. The minimum absolute atomic E-state index is 0.665. The van der Waals surface area contributed by atoms with Crippen LogP contribution in [0.3, 0.4) is 0 Å². The van der Waals surface area contributed by atoms with E-state index in [0.29, 0.717) is 6.04 Å². The molecule has 0 amide bonds. The molecule has 2 nitrogen and oxygen atoms in total. The van der Waals surface area contributed by atoms with Crippen LogP contribution in [0.15, 0.2) is 4.99 Å². The molecular formula is C11H20N2S. The van der Waals surface area contributed by atoms with Gasteiger partial charge in [-0.15, -0.1) is 0 Å². The second-order valence-corrected chi connectivity index (χ2v) is 5.88. The number of amidine groups is 1. The third kappa shape index (κ3) is 3.19. The van der Waals surface area contributed by atoms with Gasteiger partial charge < -0.3 is 5.32 Å². The maximum atomic E-state index is 4.61. The first-order valence-electron chi connectivity index (χ1n) is 5.68. The van der Waals surface area contributed by atoms with Gasteiger partial charge in [0.1, 0.15) is 0 Å². The van der Waals surface area contributed by atoms with Gasteiger partial charge in [-0.05, 0) is 31.1 Å². The molecule has 3 heteroatoms. The van der Waals surface area contributed by atoms with Crippen molar-refractivity contribution in [2.24, 2.45) is 16.8 Å². The van der Waals surface area contributed by atoms with Gasteiger partial charge in [-0.3, -0.25) is 4.99 Å². The van der Waals surface area contributed by atoms with Gasteiger partial charge in [0.25, 0.3) is 0 Å². The molecule has 0 aromatic heterocycles. The molecule has 2 aliphatic rings. The Labute approximate surface area is 90.9 Å². The van der Waals surface area contributed by atoms with E-state index in [1.165, 1.54) is 30.2 Å². The van der Waals surface area contributed by atoms with Crippen molar-refractivity contribution >= 4 is 16.9 Å². The molecule has 1 N–H and O–H groups in total. The zero-order valence-corrected chi connectivity index (χ0v) is 9.94. The maximum Gasteiger partial charge on any atom is 0.156 e. The van der Waals surface area contributed by atoms with Crippen molar-refractivity contribution in [3.63, 3.8) is 0 Å². The van der Waals surface area contributed by atoms with E-state index in [2.05, 4.69) is 24.2 Å². The van der Waals surface area contributed by atoms with Crippen molar-refractivity contribution in [2.45, 2.75) is 39.2 Å². The predicted octanol–water partition coefficient (Wildman–Crippen LogP) is 2.50. The lowest BCUT2D eigenvalue weighted by molar-refractivity contribution is 0.502. The van der Waals surface area contributed by atoms with E-state index >= 15 is 0 Å². The van der Waals surface area contributed by atoms with E-state index in [1.54, 1.807) is 0 Å². The fourth-order valence-corrected chi connectivity index (χ4v) is 2.73. The standard InChI is InChI=1S/C11H20N2S/c1-8(2)5-10-7-14-11(13-10)12-6-9-3-4-9/h8-10H,3-7H2,1-2H3,(H,12,13). The average molecular weight is 212 g/mol. The van der Waals surface area contributed by atoms with E-state index < -0.39 is 0 Å². The van der Waals surface area contributed by atoms with E-state index in [0.717, 1.165) is 18.4 Å². The number of aliphatic imine (C=N–C) groups is 1. The van der Waals surface area contributed by atoms with E-state index in [4.69, 9.17) is 0 Å². The minimum atomic E-state index is 0.665. The molecule has 0 radical (unpaired) electrons. The fourth-order valence-electron chi connectivity index (χ4n) is 1.74. The first-order chi connectivity index (χ1) is 6.74. The molecule has 1 unspecified atom stereocenters. The lowest BCUT2D eigenvalue weighted by Gasteiger charge is -2.11. The molecule has 14 heavy (non-hydrogen) atoms. The quantitative estimate of drug-likeness (QED) is 0.774. The Morgan fingerprint density at radius 2 is 2.29 bits per heavy atom. The number of hydrogen-bond donors (Lipinski definition) is 1. The van der Waals surface area contributed by atoms with Crippen molar-refractivity contribution < 1.29 is 0 Å². The van der Waals surface area contributed by atoms with Crippen LogP contribution in [0.1, 0.15) is 33.1 Å². The van der Waals surface area contributed by atoms with Crippen molar-refractivity contribution in [2.75, 3.05) is 12.3 Å². The molecule has 2 rings (SSSR count). The van der Waals surface area contributed by atoms with Crippen molar-refractivity contribution in [3.8, 4) is 0 Å². The smallest absolute Gasteiger partial charge is 0.156 e. The summed E-state index contributed by atoms with van der Waals surface area (Å²) in [5, 5.41) is 4.72. The third-order valence-corrected chi connectivity index (χ3v) is 3.78. The molecule has 2 fully saturated rings. The summed E-state index contributed by atoms with van der Waals surface area (Å²) >= 11 is 1.90. The number of nitrogens with one attached hydrogen (secondary N) is 1. The highest BCUT2D eigenvalue weighted by molar-refractivity contribution is 8.14. The zero-order chi connectivity index (χ0) is 9.97. The highest BCUT2D eigenvalue weighted by Crippen LogP contribution is 2.29. The fraction of sp³-hybridized carbons (Fsp3) is 0.909. The molecule has 1 saturated carbocycles.